The van der Waals surface area contributed by atoms with Gasteiger partial charge in [-0.15, -0.1) is 0 Å². The summed E-state index contributed by atoms with van der Waals surface area (Å²) in [5.74, 6) is 0.145. The Labute approximate surface area is 95.8 Å². The highest BCUT2D eigenvalue weighted by Gasteiger charge is 2.49. The van der Waals surface area contributed by atoms with Gasteiger partial charge in [-0.05, 0) is 20.8 Å². The fourth-order valence-electron chi connectivity index (χ4n) is 2.35. The third kappa shape index (κ3) is 2.01. The molecule has 1 amide bonds. The average molecular weight is 228 g/mol. The predicted octanol–water partition coefficient (Wildman–Crippen LogP) is 0.186. The maximum Gasteiger partial charge on any atom is 0.410 e. The molecule has 5 nitrogen and oxygen atoms in total. The number of aliphatic hydroxyl groups excluding tert-OH is 1. The number of likely N-dealkylation sites (tertiary alicyclic amines) is 1. The summed E-state index contributed by atoms with van der Waals surface area (Å²) < 4.78 is 5.34. The van der Waals surface area contributed by atoms with Crippen molar-refractivity contribution in [2.24, 2.45) is 5.92 Å². The van der Waals surface area contributed by atoms with Crippen LogP contribution in [-0.2, 0) is 4.74 Å². The molecule has 0 aromatic heterocycles. The molecule has 2 saturated heterocycles. The lowest BCUT2D eigenvalue weighted by Gasteiger charge is -2.38. The first-order valence-corrected chi connectivity index (χ1v) is 5.76. The van der Waals surface area contributed by atoms with Gasteiger partial charge < -0.3 is 20.1 Å². The van der Waals surface area contributed by atoms with E-state index in [0.29, 0.717) is 6.54 Å². The molecule has 0 aromatic carbocycles. The fraction of sp³-hybridized carbons (Fsp3) is 0.909. The van der Waals surface area contributed by atoms with E-state index in [1.165, 1.54) is 0 Å². The van der Waals surface area contributed by atoms with E-state index in [9.17, 15) is 9.90 Å². The van der Waals surface area contributed by atoms with Crippen LogP contribution in [0.25, 0.3) is 0 Å². The summed E-state index contributed by atoms with van der Waals surface area (Å²) in [4.78, 5) is 13.6. The number of nitrogens with one attached hydrogen (secondary N) is 1. The highest BCUT2D eigenvalue weighted by atomic mass is 16.6. The molecule has 2 aliphatic rings. The largest absolute Gasteiger partial charge is 0.444 e. The first kappa shape index (κ1) is 11.7. The summed E-state index contributed by atoms with van der Waals surface area (Å²) in [6.07, 6.45) is -0.264. The van der Waals surface area contributed by atoms with Crippen molar-refractivity contribution >= 4 is 6.09 Å². The molecular weight excluding hydrogens is 208 g/mol. The van der Waals surface area contributed by atoms with Crippen molar-refractivity contribution in [2.45, 2.75) is 38.5 Å². The molecule has 0 radical (unpaired) electrons. The van der Waals surface area contributed by atoms with Crippen LogP contribution in [0.2, 0.25) is 0 Å². The topological polar surface area (TPSA) is 61.8 Å². The lowest BCUT2D eigenvalue weighted by molar-refractivity contribution is 0.0171. The number of rotatable bonds is 1. The van der Waals surface area contributed by atoms with Gasteiger partial charge in [0.1, 0.15) is 5.60 Å². The Kier molecular flexibility index (Phi) is 2.84. The SMILES string of the molecule is CC(C)(C)OC(=O)N1CC(CO)[C@@H]2NC[C@@H]21. The monoisotopic (exact) mass is 228 g/mol. The first-order chi connectivity index (χ1) is 7.42. The molecule has 92 valence electrons. The van der Waals surface area contributed by atoms with Crippen molar-refractivity contribution in [1.82, 2.24) is 10.2 Å². The van der Waals surface area contributed by atoms with Gasteiger partial charge in [0.2, 0.25) is 0 Å². The first-order valence-electron chi connectivity index (χ1n) is 5.76. The molecule has 2 fully saturated rings. The molecule has 0 saturated carbocycles. The quantitative estimate of drug-likeness (QED) is 0.672. The Balaban J connectivity index is 1.98. The van der Waals surface area contributed by atoms with Crippen LogP contribution in [0.3, 0.4) is 0 Å². The number of ether oxygens (including phenoxy) is 1. The molecule has 0 spiro atoms. The number of hydrogen-bond acceptors (Lipinski definition) is 4. The Morgan fingerprint density at radius 3 is 2.62 bits per heavy atom. The molecule has 16 heavy (non-hydrogen) atoms. The highest BCUT2D eigenvalue weighted by Crippen LogP contribution is 2.30. The van der Waals surface area contributed by atoms with Crippen LogP contribution >= 0.6 is 0 Å². The summed E-state index contributed by atoms with van der Waals surface area (Å²) in [6, 6.07) is 0.449. The van der Waals surface area contributed by atoms with Crippen LogP contribution in [-0.4, -0.2) is 53.5 Å². The van der Waals surface area contributed by atoms with E-state index in [0.717, 1.165) is 6.54 Å². The predicted molar refractivity (Wildman–Crippen MR) is 59.1 cm³/mol. The van der Waals surface area contributed by atoms with Gasteiger partial charge in [-0.3, -0.25) is 0 Å². The zero-order chi connectivity index (χ0) is 11.9. The summed E-state index contributed by atoms with van der Waals surface area (Å²) in [6.45, 7) is 7.10. The van der Waals surface area contributed by atoms with Crippen LogP contribution in [0.15, 0.2) is 0 Å². The third-order valence-electron chi connectivity index (χ3n) is 3.18. The molecule has 3 atom stereocenters. The maximum absolute atomic E-state index is 11.9. The van der Waals surface area contributed by atoms with Gasteiger partial charge in [0, 0.05) is 31.7 Å². The van der Waals surface area contributed by atoms with E-state index in [-0.39, 0.29) is 30.7 Å². The van der Waals surface area contributed by atoms with E-state index in [4.69, 9.17) is 4.74 Å². The molecule has 2 rings (SSSR count). The molecule has 1 unspecified atom stereocenters. The molecule has 0 aromatic rings. The maximum atomic E-state index is 11.9. The summed E-state index contributed by atoms with van der Waals surface area (Å²) in [7, 11) is 0. The Morgan fingerprint density at radius 2 is 2.25 bits per heavy atom. The molecule has 0 bridgehead atoms. The van der Waals surface area contributed by atoms with Crippen molar-refractivity contribution < 1.29 is 14.6 Å². The molecule has 5 heteroatoms. The molecule has 0 aliphatic carbocycles. The minimum atomic E-state index is -0.457. The van der Waals surface area contributed by atoms with Crippen LogP contribution in [0.4, 0.5) is 4.79 Å². The summed E-state index contributed by atoms with van der Waals surface area (Å²) in [5, 5.41) is 12.4. The van der Waals surface area contributed by atoms with Gasteiger partial charge in [0.15, 0.2) is 0 Å². The summed E-state index contributed by atoms with van der Waals surface area (Å²) >= 11 is 0. The van der Waals surface area contributed by atoms with E-state index in [2.05, 4.69) is 5.32 Å². The number of fused-ring (bicyclic) bond motifs is 1. The van der Waals surface area contributed by atoms with Crippen LogP contribution in [0.1, 0.15) is 20.8 Å². The molecule has 2 N–H and O–H groups in total. The minimum absolute atomic E-state index is 0.119. The van der Waals surface area contributed by atoms with E-state index < -0.39 is 5.60 Å². The molecular formula is C11H20N2O3. The Morgan fingerprint density at radius 1 is 1.56 bits per heavy atom. The van der Waals surface area contributed by atoms with E-state index in [1.807, 2.05) is 20.8 Å². The van der Waals surface area contributed by atoms with Crippen LogP contribution < -0.4 is 5.32 Å². The standard InChI is InChI=1S/C11H20N2O3/c1-11(2,3)16-10(15)13-5-7(6-14)9-8(13)4-12-9/h7-9,12,14H,4-6H2,1-3H3/t7?,8-,9-/m0/s1. The lowest BCUT2D eigenvalue weighted by atomic mass is 9.93. The normalized spacial score (nSPS) is 33.2. The Hall–Kier alpha value is -0.810. The average Bonchev–Trinajstić information content (AvgIpc) is 2.34. The van der Waals surface area contributed by atoms with Crippen molar-refractivity contribution in [3.05, 3.63) is 0 Å². The second-order valence-electron chi connectivity index (χ2n) is 5.58. The number of carbonyl (C=O) groups excluding carboxylic acids is 1. The smallest absolute Gasteiger partial charge is 0.410 e. The van der Waals surface area contributed by atoms with Crippen LogP contribution in [0.5, 0.6) is 0 Å². The van der Waals surface area contributed by atoms with Gasteiger partial charge in [-0.25, -0.2) is 4.79 Å². The van der Waals surface area contributed by atoms with Crippen LogP contribution in [0, 0.1) is 5.92 Å². The van der Waals surface area contributed by atoms with E-state index in [1.54, 1.807) is 4.90 Å². The van der Waals surface area contributed by atoms with Gasteiger partial charge in [-0.2, -0.15) is 0 Å². The second kappa shape index (κ2) is 3.89. The zero-order valence-corrected chi connectivity index (χ0v) is 10.1. The van der Waals surface area contributed by atoms with Crippen molar-refractivity contribution in [3.63, 3.8) is 0 Å². The van der Waals surface area contributed by atoms with E-state index >= 15 is 0 Å². The zero-order valence-electron chi connectivity index (χ0n) is 10.1. The number of hydrogen-bond donors (Lipinski definition) is 2. The second-order valence-corrected chi connectivity index (χ2v) is 5.58. The van der Waals surface area contributed by atoms with Crippen molar-refractivity contribution in [1.29, 1.82) is 0 Å². The number of carbonyl (C=O) groups is 1. The van der Waals surface area contributed by atoms with Gasteiger partial charge in [0.05, 0.1) is 6.04 Å². The van der Waals surface area contributed by atoms with Gasteiger partial charge in [-0.1, -0.05) is 0 Å². The van der Waals surface area contributed by atoms with Gasteiger partial charge in [0.25, 0.3) is 0 Å². The fourth-order valence-corrected chi connectivity index (χ4v) is 2.35. The highest BCUT2D eigenvalue weighted by molar-refractivity contribution is 5.69. The third-order valence-corrected chi connectivity index (χ3v) is 3.18. The number of aliphatic hydroxyl groups is 1. The molecule has 2 heterocycles. The minimum Gasteiger partial charge on any atom is -0.444 e. The van der Waals surface area contributed by atoms with Crippen molar-refractivity contribution in [2.75, 3.05) is 19.7 Å². The summed E-state index contributed by atoms with van der Waals surface area (Å²) in [5.41, 5.74) is -0.457. The number of amides is 1. The molecule has 2 aliphatic heterocycles. The number of nitrogens with zero attached hydrogens (tertiary/aromatic N) is 1. The van der Waals surface area contributed by atoms with Gasteiger partial charge >= 0.3 is 6.09 Å². The van der Waals surface area contributed by atoms with Crippen molar-refractivity contribution in [3.8, 4) is 0 Å². The Bertz CT molecular complexity index is 285. The lowest BCUT2D eigenvalue weighted by Crippen LogP contribution is -2.62.